The zero-order chi connectivity index (χ0) is 9.97. The fourth-order valence-corrected chi connectivity index (χ4v) is 1.76. The average molecular weight is 259 g/mol. The lowest BCUT2D eigenvalue weighted by molar-refractivity contribution is -0.00599. The highest BCUT2D eigenvalue weighted by Gasteiger charge is 2.19. The predicted octanol–water partition coefficient (Wildman–Crippen LogP) is 1.60. The summed E-state index contributed by atoms with van der Waals surface area (Å²) in [5, 5.41) is 0. The third kappa shape index (κ3) is 1.99. The molecule has 0 aromatic carbocycles. The van der Waals surface area contributed by atoms with E-state index in [9.17, 15) is 4.79 Å². The van der Waals surface area contributed by atoms with Crippen LogP contribution in [-0.4, -0.2) is 35.7 Å². The SMILES string of the molecule is O=C(c1cc(Br)c[nH]1)N1CCCOC1. The first-order chi connectivity index (χ1) is 6.77. The highest BCUT2D eigenvalue weighted by Crippen LogP contribution is 2.13. The van der Waals surface area contributed by atoms with Crippen LogP contribution in [0.25, 0.3) is 0 Å². The summed E-state index contributed by atoms with van der Waals surface area (Å²) < 4.78 is 6.10. The van der Waals surface area contributed by atoms with E-state index in [1.807, 2.05) is 0 Å². The van der Waals surface area contributed by atoms with Crippen molar-refractivity contribution in [2.24, 2.45) is 0 Å². The summed E-state index contributed by atoms with van der Waals surface area (Å²) in [6.45, 7) is 1.92. The van der Waals surface area contributed by atoms with E-state index < -0.39 is 0 Å². The number of carbonyl (C=O) groups is 1. The second-order valence-electron chi connectivity index (χ2n) is 3.19. The van der Waals surface area contributed by atoms with Gasteiger partial charge in [0.2, 0.25) is 0 Å². The summed E-state index contributed by atoms with van der Waals surface area (Å²) in [6.07, 6.45) is 2.66. The second-order valence-corrected chi connectivity index (χ2v) is 4.11. The lowest BCUT2D eigenvalue weighted by Crippen LogP contribution is -2.38. The molecule has 0 spiro atoms. The molecule has 1 N–H and O–H groups in total. The maximum atomic E-state index is 11.8. The number of hydrogen-bond acceptors (Lipinski definition) is 2. The van der Waals surface area contributed by atoms with E-state index in [2.05, 4.69) is 20.9 Å². The van der Waals surface area contributed by atoms with Crippen LogP contribution in [0.15, 0.2) is 16.7 Å². The molecule has 1 fully saturated rings. The van der Waals surface area contributed by atoms with Gasteiger partial charge < -0.3 is 14.6 Å². The number of H-pyrrole nitrogens is 1. The molecule has 0 aliphatic carbocycles. The quantitative estimate of drug-likeness (QED) is 0.832. The zero-order valence-electron chi connectivity index (χ0n) is 7.62. The number of halogens is 1. The summed E-state index contributed by atoms with van der Waals surface area (Å²) >= 11 is 3.29. The van der Waals surface area contributed by atoms with Crippen LogP contribution < -0.4 is 0 Å². The van der Waals surface area contributed by atoms with Gasteiger partial charge in [0.15, 0.2) is 0 Å². The third-order valence-electron chi connectivity index (χ3n) is 2.13. The summed E-state index contributed by atoms with van der Waals surface area (Å²) in [7, 11) is 0. The minimum absolute atomic E-state index is 0.00426. The Morgan fingerprint density at radius 2 is 2.50 bits per heavy atom. The molecule has 1 aliphatic rings. The highest BCUT2D eigenvalue weighted by atomic mass is 79.9. The molecule has 0 saturated carbocycles. The number of ether oxygens (including phenoxy) is 1. The lowest BCUT2D eigenvalue weighted by Gasteiger charge is -2.26. The van der Waals surface area contributed by atoms with Gasteiger partial charge in [-0.3, -0.25) is 4.79 Å². The van der Waals surface area contributed by atoms with E-state index >= 15 is 0 Å². The standard InChI is InChI=1S/C9H11BrN2O2/c10-7-4-8(11-5-7)9(13)12-2-1-3-14-6-12/h4-5,11H,1-3,6H2. The van der Waals surface area contributed by atoms with Gasteiger partial charge in [-0.25, -0.2) is 0 Å². The van der Waals surface area contributed by atoms with Gasteiger partial charge in [-0.05, 0) is 28.4 Å². The summed E-state index contributed by atoms with van der Waals surface area (Å²) in [5.41, 5.74) is 0.599. The Balaban J connectivity index is 2.07. The Morgan fingerprint density at radius 1 is 1.64 bits per heavy atom. The predicted molar refractivity (Wildman–Crippen MR) is 55.0 cm³/mol. The number of nitrogens with one attached hydrogen (secondary N) is 1. The Labute approximate surface area is 90.4 Å². The maximum Gasteiger partial charge on any atom is 0.272 e. The van der Waals surface area contributed by atoms with Gasteiger partial charge >= 0.3 is 0 Å². The van der Waals surface area contributed by atoms with Crippen LogP contribution in [-0.2, 0) is 4.74 Å². The maximum absolute atomic E-state index is 11.8. The Kier molecular flexibility index (Phi) is 2.88. The molecule has 4 nitrogen and oxygen atoms in total. The first kappa shape index (κ1) is 9.73. The largest absolute Gasteiger partial charge is 0.361 e. The Hall–Kier alpha value is -0.810. The molecule has 2 heterocycles. The van der Waals surface area contributed by atoms with Gasteiger partial charge in [-0.15, -0.1) is 0 Å². The fourth-order valence-electron chi connectivity index (χ4n) is 1.42. The molecule has 5 heteroatoms. The molecule has 76 valence electrons. The van der Waals surface area contributed by atoms with Crippen LogP contribution in [0, 0.1) is 0 Å². The monoisotopic (exact) mass is 258 g/mol. The Morgan fingerprint density at radius 3 is 3.07 bits per heavy atom. The number of amides is 1. The smallest absolute Gasteiger partial charge is 0.272 e. The van der Waals surface area contributed by atoms with Crippen molar-refractivity contribution >= 4 is 21.8 Å². The van der Waals surface area contributed by atoms with E-state index in [1.165, 1.54) is 0 Å². The molecule has 1 aliphatic heterocycles. The topological polar surface area (TPSA) is 45.3 Å². The highest BCUT2D eigenvalue weighted by molar-refractivity contribution is 9.10. The van der Waals surface area contributed by atoms with Gasteiger partial charge in [0.25, 0.3) is 5.91 Å². The van der Waals surface area contributed by atoms with Crippen molar-refractivity contribution in [1.29, 1.82) is 0 Å². The van der Waals surface area contributed by atoms with Gasteiger partial charge in [0.1, 0.15) is 12.4 Å². The van der Waals surface area contributed by atoms with Crippen molar-refractivity contribution in [3.8, 4) is 0 Å². The fraction of sp³-hybridized carbons (Fsp3) is 0.444. The van der Waals surface area contributed by atoms with E-state index in [-0.39, 0.29) is 5.91 Å². The van der Waals surface area contributed by atoms with Crippen LogP contribution in [0.5, 0.6) is 0 Å². The summed E-state index contributed by atoms with van der Waals surface area (Å²) in [6, 6.07) is 1.77. The number of aromatic amines is 1. The molecule has 0 radical (unpaired) electrons. The van der Waals surface area contributed by atoms with Crippen LogP contribution >= 0.6 is 15.9 Å². The summed E-state index contributed by atoms with van der Waals surface area (Å²) in [5.74, 6) is -0.00426. The van der Waals surface area contributed by atoms with Crippen LogP contribution in [0.4, 0.5) is 0 Å². The number of hydrogen-bond donors (Lipinski definition) is 1. The number of carbonyl (C=O) groups excluding carboxylic acids is 1. The van der Waals surface area contributed by atoms with E-state index in [0.717, 1.165) is 24.0 Å². The van der Waals surface area contributed by atoms with Crippen molar-refractivity contribution < 1.29 is 9.53 Å². The number of nitrogens with zero attached hydrogens (tertiary/aromatic N) is 1. The minimum atomic E-state index is -0.00426. The molecule has 2 rings (SSSR count). The van der Waals surface area contributed by atoms with Gasteiger partial charge in [0.05, 0.1) is 6.61 Å². The van der Waals surface area contributed by atoms with Crippen LogP contribution in [0.1, 0.15) is 16.9 Å². The number of rotatable bonds is 1. The molecule has 1 amide bonds. The van der Waals surface area contributed by atoms with Crippen molar-refractivity contribution in [3.05, 3.63) is 22.4 Å². The van der Waals surface area contributed by atoms with Crippen molar-refractivity contribution in [2.45, 2.75) is 6.42 Å². The molecule has 1 aromatic heterocycles. The van der Waals surface area contributed by atoms with Crippen molar-refractivity contribution in [3.63, 3.8) is 0 Å². The lowest BCUT2D eigenvalue weighted by atomic mass is 10.3. The molecule has 14 heavy (non-hydrogen) atoms. The van der Waals surface area contributed by atoms with E-state index in [1.54, 1.807) is 17.2 Å². The first-order valence-electron chi connectivity index (χ1n) is 4.48. The molecular weight excluding hydrogens is 248 g/mol. The van der Waals surface area contributed by atoms with E-state index in [4.69, 9.17) is 4.74 Å². The normalized spacial score (nSPS) is 17.1. The molecular formula is C9H11BrN2O2. The third-order valence-corrected chi connectivity index (χ3v) is 2.59. The minimum Gasteiger partial charge on any atom is -0.361 e. The molecule has 0 atom stereocenters. The van der Waals surface area contributed by atoms with Gasteiger partial charge in [-0.2, -0.15) is 0 Å². The van der Waals surface area contributed by atoms with Gasteiger partial charge in [0, 0.05) is 17.2 Å². The Bertz CT molecular complexity index is 331. The van der Waals surface area contributed by atoms with Crippen molar-refractivity contribution in [1.82, 2.24) is 9.88 Å². The first-order valence-corrected chi connectivity index (χ1v) is 5.27. The van der Waals surface area contributed by atoms with Crippen LogP contribution in [0.2, 0.25) is 0 Å². The zero-order valence-corrected chi connectivity index (χ0v) is 9.21. The number of aromatic nitrogens is 1. The van der Waals surface area contributed by atoms with Crippen LogP contribution in [0.3, 0.4) is 0 Å². The average Bonchev–Trinajstić information content (AvgIpc) is 2.65. The van der Waals surface area contributed by atoms with E-state index in [0.29, 0.717) is 12.4 Å². The summed E-state index contributed by atoms with van der Waals surface area (Å²) in [4.78, 5) is 16.4. The van der Waals surface area contributed by atoms with Crippen molar-refractivity contribution in [2.75, 3.05) is 19.9 Å². The second kappa shape index (κ2) is 4.14. The van der Waals surface area contributed by atoms with Gasteiger partial charge in [-0.1, -0.05) is 0 Å². The molecule has 0 bridgehead atoms. The molecule has 1 aromatic rings. The molecule has 1 saturated heterocycles. The molecule has 0 unspecified atom stereocenters.